The zero-order valence-electron chi connectivity index (χ0n) is 15.2. The molecule has 1 aliphatic heterocycles. The van der Waals surface area contributed by atoms with Gasteiger partial charge in [0.05, 0.1) is 11.1 Å². The Labute approximate surface area is 178 Å². The fourth-order valence-corrected chi connectivity index (χ4v) is 3.39. The summed E-state index contributed by atoms with van der Waals surface area (Å²) in [5.41, 5.74) is 1.94. The molecule has 0 aromatic heterocycles. The van der Waals surface area contributed by atoms with E-state index in [1.807, 2.05) is 30.3 Å². The quantitative estimate of drug-likeness (QED) is 0.354. The van der Waals surface area contributed by atoms with Gasteiger partial charge in [0.1, 0.15) is 6.61 Å². The second-order valence-electron chi connectivity index (χ2n) is 6.40. The Bertz CT molecular complexity index is 1200. The van der Waals surface area contributed by atoms with Gasteiger partial charge < -0.3 is 14.6 Å². The molecule has 0 saturated carbocycles. The van der Waals surface area contributed by atoms with Crippen molar-refractivity contribution in [3.8, 4) is 17.2 Å². The maximum absolute atomic E-state index is 12.4. The van der Waals surface area contributed by atoms with E-state index in [0.717, 1.165) is 29.1 Å². The van der Waals surface area contributed by atoms with Gasteiger partial charge in [0, 0.05) is 16.6 Å². The molecular formula is C20H13BrN3O6-. The number of nitro groups is 1. The molecule has 10 heteroatoms. The van der Waals surface area contributed by atoms with Crippen LogP contribution >= 0.6 is 15.9 Å². The van der Waals surface area contributed by atoms with Crippen molar-refractivity contribution >= 4 is 44.5 Å². The average molecular weight is 471 g/mol. The van der Waals surface area contributed by atoms with Crippen LogP contribution in [-0.4, -0.2) is 29.8 Å². The van der Waals surface area contributed by atoms with E-state index in [9.17, 15) is 20.0 Å². The summed E-state index contributed by atoms with van der Waals surface area (Å²) in [6.07, 6.45) is 0.0998. The molecule has 9 nitrogen and oxygen atoms in total. The number of hydrogen-bond acceptors (Lipinski definition) is 7. The average Bonchev–Trinajstić information content (AvgIpc) is 2.74. The summed E-state index contributed by atoms with van der Waals surface area (Å²) in [6.45, 7) is -0.0120. The van der Waals surface area contributed by atoms with E-state index in [1.165, 1.54) is 0 Å². The van der Waals surface area contributed by atoms with Crippen LogP contribution < -0.4 is 20.0 Å². The number of non-ortho nitro benzene ring substituents is 1. The molecule has 1 atom stereocenters. The van der Waals surface area contributed by atoms with Crippen LogP contribution in [0.15, 0.2) is 58.1 Å². The van der Waals surface area contributed by atoms with Crippen molar-refractivity contribution in [1.29, 1.82) is 0 Å². The third-order valence-corrected chi connectivity index (χ3v) is 5.00. The molecule has 0 fully saturated rings. The summed E-state index contributed by atoms with van der Waals surface area (Å²) in [6, 6.07) is 13.5. The Balaban J connectivity index is 1.46. The normalized spacial score (nSPS) is 15.3. The van der Waals surface area contributed by atoms with Crippen molar-refractivity contribution in [2.24, 2.45) is 5.10 Å². The first-order valence-electron chi connectivity index (χ1n) is 8.72. The molecular weight excluding hydrogens is 458 g/mol. The molecule has 3 aromatic rings. The first-order valence-corrected chi connectivity index (χ1v) is 9.52. The number of nitrogens with zero attached hydrogens (tertiary/aromatic N) is 2. The largest absolute Gasteiger partial charge is 0.871 e. The first kappa shape index (κ1) is 19.6. The number of carbonyl (C=O) groups is 1. The smallest absolute Gasteiger partial charge is 0.284 e. The summed E-state index contributed by atoms with van der Waals surface area (Å²) >= 11 is 2.98. The number of halogens is 1. The molecule has 4 rings (SSSR count). The van der Waals surface area contributed by atoms with Crippen molar-refractivity contribution in [3.63, 3.8) is 0 Å². The molecule has 0 bridgehead atoms. The van der Waals surface area contributed by atoms with Crippen molar-refractivity contribution in [3.05, 3.63) is 68.7 Å². The van der Waals surface area contributed by atoms with E-state index in [2.05, 4.69) is 26.5 Å². The Morgan fingerprint density at radius 3 is 2.60 bits per heavy atom. The van der Waals surface area contributed by atoms with Gasteiger partial charge in [-0.15, -0.1) is 0 Å². The van der Waals surface area contributed by atoms with E-state index in [1.54, 1.807) is 6.07 Å². The molecule has 0 unspecified atom stereocenters. The summed E-state index contributed by atoms with van der Waals surface area (Å²) in [7, 11) is 0. The third-order valence-electron chi connectivity index (χ3n) is 4.41. The molecule has 0 aliphatic carbocycles. The van der Waals surface area contributed by atoms with Crippen LogP contribution in [0.4, 0.5) is 5.69 Å². The van der Waals surface area contributed by atoms with E-state index in [-0.39, 0.29) is 22.3 Å². The number of hydrogen-bond donors (Lipinski definition) is 1. The highest BCUT2D eigenvalue weighted by Crippen LogP contribution is 2.36. The van der Waals surface area contributed by atoms with Crippen LogP contribution in [0.5, 0.6) is 17.2 Å². The van der Waals surface area contributed by atoms with Crippen LogP contribution in [0.3, 0.4) is 0 Å². The summed E-state index contributed by atoms with van der Waals surface area (Å²) < 4.78 is 11.4. The lowest BCUT2D eigenvalue weighted by molar-refractivity contribution is -0.385. The first-order chi connectivity index (χ1) is 14.4. The van der Waals surface area contributed by atoms with E-state index < -0.39 is 22.7 Å². The van der Waals surface area contributed by atoms with Crippen molar-refractivity contribution in [2.45, 2.75) is 6.10 Å². The number of benzene rings is 3. The van der Waals surface area contributed by atoms with Crippen LogP contribution in [0.2, 0.25) is 0 Å². The lowest BCUT2D eigenvalue weighted by Gasteiger charge is -2.25. The van der Waals surface area contributed by atoms with Gasteiger partial charge in [-0.3, -0.25) is 14.9 Å². The van der Waals surface area contributed by atoms with Crippen LogP contribution in [0.1, 0.15) is 5.56 Å². The molecule has 1 N–H and O–H groups in total. The molecule has 3 aromatic carbocycles. The summed E-state index contributed by atoms with van der Waals surface area (Å²) in [5.74, 6) is -0.0918. The van der Waals surface area contributed by atoms with Crippen LogP contribution in [0.25, 0.3) is 10.8 Å². The Morgan fingerprint density at radius 1 is 1.20 bits per heavy atom. The van der Waals surface area contributed by atoms with Gasteiger partial charge in [0.25, 0.3) is 11.6 Å². The molecule has 0 spiro atoms. The highest BCUT2D eigenvalue weighted by Gasteiger charge is 2.27. The highest BCUT2D eigenvalue weighted by molar-refractivity contribution is 9.10. The number of rotatable bonds is 4. The Morgan fingerprint density at radius 2 is 1.90 bits per heavy atom. The second-order valence-corrected chi connectivity index (χ2v) is 7.26. The third kappa shape index (κ3) is 3.90. The zero-order chi connectivity index (χ0) is 21.3. The molecule has 30 heavy (non-hydrogen) atoms. The van der Waals surface area contributed by atoms with Gasteiger partial charge in [-0.2, -0.15) is 5.10 Å². The molecule has 0 radical (unpaired) electrons. The fraction of sp³-hybridized carbons (Fsp3) is 0.100. The highest BCUT2D eigenvalue weighted by atomic mass is 79.9. The lowest BCUT2D eigenvalue weighted by Crippen LogP contribution is -2.42. The van der Waals surface area contributed by atoms with Crippen LogP contribution in [-0.2, 0) is 4.79 Å². The van der Waals surface area contributed by atoms with Gasteiger partial charge in [0.15, 0.2) is 11.5 Å². The number of nitro benzene ring substituents is 1. The molecule has 1 amide bonds. The number of ether oxygens (including phenoxy) is 2. The zero-order valence-corrected chi connectivity index (χ0v) is 16.8. The number of hydrazone groups is 1. The number of amides is 1. The van der Waals surface area contributed by atoms with E-state index in [4.69, 9.17) is 9.47 Å². The van der Waals surface area contributed by atoms with E-state index in [0.29, 0.717) is 11.5 Å². The molecule has 1 heterocycles. The van der Waals surface area contributed by atoms with Crippen molar-refractivity contribution in [2.75, 3.05) is 6.61 Å². The van der Waals surface area contributed by atoms with Gasteiger partial charge >= 0.3 is 0 Å². The van der Waals surface area contributed by atoms with Gasteiger partial charge in [0.2, 0.25) is 6.10 Å². The maximum atomic E-state index is 12.4. The van der Waals surface area contributed by atoms with E-state index >= 15 is 0 Å². The lowest BCUT2D eigenvalue weighted by atomic mass is 10.1. The van der Waals surface area contributed by atoms with Gasteiger partial charge in [-0.1, -0.05) is 45.9 Å². The monoisotopic (exact) mass is 470 g/mol. The Kier molecular flexibility index (Phi) is 5.23. The number of fused-ring (bicyclic) bond motifs is 2. The maximum Gasteiger partial charge on any atom is 0.284 e. The standard InChI is InChI=1S/C20H14BrN3O6/c21-15-8-14(24(27)28)5-13(19(15)25)9-22-23-20(26)18-10-29-16-6-11-3-1-2-4-12(11)7-17(16)30-18/h1-9,18,25H,10H2,(H,23,26)/p-1/t18-/m1/s1. The topological polar surface area (TPSA) is 126 Å². The minimum Gasteiger partial charge on any atom is -0.871 e. The predicted molar refractivity (Wildman–Crippen MR) is 110 cm³/mol. The van der Waals surface area contributed by atoms with Gasteiger partial charge in [-0.25, -0.2) is 5.43 Å². The molecule has 1 aliphatic rings. The SMILES string of the molecule is O=C(NN=Cc1cc([N+](=O)[O-])cc(Br)c1[O-])[C@H]1COc2cc3ccccc3cc2O1. The summed E-state index contributed by atoms with van der Waals surface area (Å²) in [5, 5.41) is 28.6. The van der Waals surface area contributed by atoms with Crippen molar-refractivity contribution in [1.82, 2.24) is 5.43 Å². The molecule has 152 valence electrons. The minimum absolute atomic E-state index is 0.0120. The fourth-order valence-electron chi connectivity index (χ4n) is 2.92. The summed E-state index contributed by atoms with van der Waals surface area (Å²) in [4.78, 5) is 22.7. The molecule has 0 saturated heterocycles. The van der Waals surface area contributed by atoms with Crippen LogP contribution in [0, 0.1) is 10.1 Å². The van der Waals surface area contributed by atoms with Crippen molar-refractivity contribution < 1.29 is 24.3 Å². The second kappa shape index (κ2) is 7.99. The number of nitrogens with one attached hydrogen (secondary N) is 1. The van der Waals surface area contributed by atoms with Gasteiger partial charge in [-0.05, 0) is 28.5 Å². The predicted octanol–water partition coefficient (Wildman–Crippen LogP) is 2.87. The number of carbonyl (C=O) groups excluding carboxylic acids is 1. The Hall–Kier alpha value is -3.66. The minimum atomic E-state index is -0.945.